The van der Waals surface area contributed by atoms with Gasteiger partial charge in [0, 0.05) is 44.1 Å². The van der Waals surface area contributed by atoms with Crippen molar-refractivity contribution >= 4 is 23.9 Å². The summed E-state index contributed by atoms with van der Waals surface area (Å²) in [5.74, 6) is 0.859. The van der Waals surface area contributed by atoms with Gasteiger partial charge >= 0.3 is 0 Å². The molecule has 0 unspecified atom stereocenters. The zero-order valence-corrected chi connectivity index (χ0v) is 15.6. The molecule has 0 aromatic heterocycles. The maximum Gasteiger partial charge on any atom is 0.203 e. The highest BCUT2D eigenvalue weighted by Crippen LogP contribution is 2.38. The van der Waals surface area contributed by atoms with Crippen LogP contribution in [0.2, 0.25) is 0 Å². The predicted molar refractivity (Wildman–Crippen MR) is 106 cm³/mol. The van der Waals surface area contributed by atoms with Gasteiger partial charge < -0.3 is 9.64 Å². The van der Waals surface area contributed by atoms with Gasteiger partial charge in [0.15, 0.2) is 5.60 Å². The van der Waals surface area contributed by atoms with E-state index in [1.54, 1.807) is 6.08 Å². The predicted octanol–water partition coefficient (Wildman–Crippen LogP) is 4.13. The summed E-state index contributed by atoms with van der Waals surface area (Å²) in [5.41, 5.74) is 1.72. The maximum absolute atomic E-state index is 12.6. The molecule has 2 aromatic rings. The van der Waals surface area contributed by atoms with Crippen molar-refractivity contribution in [2.75, 3.05) is 19.6 Å². The van der Waals surface area contributed by atoms with Crippen molar-refractivity contribution < 1.29 is 9.53 Å². The molecule has 0 bridgehead atoms. The number of hydrogen-bond acceptors (Lipinski definition) is 3. The minimum Gasteiger partial charge on any atom is -0.478 e. The highest BCUT2D eigenvalue weighted by atomic mass is 35.5. The highest BCUT2D eigenvalue weighted by molar-refractivity contribution is 6.05. The summed E-state index contributed by atoms with van der Waals surface area (Å²) in [5, 5.41) is 0. The molecule has 4 rings (SSSR count). The smallest absolute Gasteiger partial charge is 0.203 e. The Kier molecular flexibility index (Phi) is 5.80. The first-order chi connectivity index (χ1) is 12.3. The summed E-state index contributed by atoms with van der Waals surface area (Å²) in [7, 11) is 0. The van der Waals surface area contributed by atoms with E-state index in [0.717, 1.165) is 50.2 Å². The van der Waals surface area contributed by atoms with Gasteiger partial charge in [0.25, 0.3) is 0 Å². The zero-order valence-electron chi connectivity index (χ0n) is 14.8. The summed E-state index contributed by atoms with van der Waals surface area (Å²) in [6, 6.07) is 20.5. The van der Waals surface area contributed by atoms with Crippen LogP contribution in [0.1, 0.15) is 24.0 Å². The molecule has 3 nitrogen and oxygen atoms in total. The SMILES string of the molecule is Cl.O=C1C=C(c2ccccc2)OC12CCN(CCc1ccccc1)CC2. The molecule has 2 aliphatic heterocycles. The monoisotopic (exact) mass is 369 g/mol. The Bertz CT molecular complexity index is 765. The lowest BCUT2D eigenvalue weighted by atomic mass is 9.88. The third-order valence-electron chi connectivity index (χ3n) is 5.30. The van der Waals surface area contributed by atoms with Crippen LogP contribution in [0, 0.1) is 0 Å². The van der Waals surface area contributed by atoms with Crippen molar-refractivity contribution in [3.05, 3.63) is 77.9 Å². The minimum atomic E-state index is -0.631. The van der Waals surface area contributed by atoms with Gasteiger partial charge in [-0.3, -0.25) is 4.79 Å². The molecule has 1 spiro atoms. The average molecular weight is 370 g/mol. The standard InChI is InChI=1S/C22H23NO2.ClH/c24-21-17-20(19-9-5-2-6-10-19)25-22(21)12-15-23(16-13-22)14-11-18-7-3-1-4-8-18;/h1-10,17H,11-16H2;1H. The van der Waals surface area contributed by atoms with Crippen LogP contribution >= 0.6 is 12.4 Å². The Labute approximate surface area is 161 Å². The Balaban J connectivity index is 0.00000196. The number of hydrogen-bond donors (Lipinski definition) is 0. The van der Waals surface area contributed by atoms with Crippen LogP contribution in [0.3, 0.4) is 0 Å². The molecule has 4 heteroatoms. The van der Waals surface area contributed by atoms with Crippen LogP contribution < -0.4 is 0 Å². The number of nitrogens with zero attached hydrogens (tertiary/aromatic N) is 1. The number of piperidine rings is 1. The number of likely N-dealkylation sites (tertiary alicyclic amines) is 1. The van der Waals surface area contributed by atoms with E-state index in [4.69, 9.17) is 4.74 Å². The molecular formula is C22H24ClNO2. The lowest BCUT2D eigenvalue weighted by Gasteiger charge is -2.38. The van der Waals surface area contributed by atoms with Gasteiger partial charge in [-0.2, -0.15) is 0 Å². The molecule has 0 aliphatic carbocycles. The Hall–Kier alpha value is -2.10. The second kappa shape index (κ2) is 8.07. The van der Waals surface area contributed by atoms with Crippen LogP contribution in [0.5, 0.6) is 0 Å². The van der Waals surface area contributed by atoms with Crippen molar-refractivity contribution in [1.82, 2.24) is 4.90 Å². The van der Waals surface area contributed by atoms with Crippen LogP contribution in [-0.2, 0) is 16.0 Å². The summed E-state index contributed by atoms with van der Waals surface area (Å²) >= 11 is 0. The molecule has 2 aromatic carbocycles. The van der Waals surface area contributed by atoms with Gasteiger partial charge in [-0.1, -0.05) is 60.7 Å². The largest absolute Gasteiger partial charge is 0.478 e. The molecule has 0 saturated carbocycles. The van der Waals surface area contributed by atoms with Gasteiger partial charge in [0.05, 0.1) is 0 Å². The third kappa shape index (κ3) is 3.84. The molecule has 1 saturated heterocycles. The fourth-order valence-corrected chi connectivity index (χ4v) is 3.70. The van der Waals surface area contributed by atoms with E-state index in [1.807, 2.05) is 30.3 Å². The van der Waals surface area contributed by atoms with E-state index in [1.165, 1.54) is 5.56 Å². The second-order valence-electron chi connectivity index (χ2n) is 6.91. The molecular weight excluding hydrogens is 346 g/mol. The van der Waals surface area contributed by atoms with Crippen LogP contribution in [0.4, 0.5) is 0 Å². The van der Waals surface area contributed by atoms with Crippen molar-refractivity contribution in [2.24, 2.45) is 0 Å². The number of carbonyl (C=O) groups excluding carboxylic acids is 1. The molecule has 0 radical (unpaired) electrons. The van der Waals surface area contributed by atoms with Crippen molar-refractivity contribution in [1.29, 1.82) is 0 Å². The Morgan fingerprint density at radius 2 is 1.54 bits per heavy atom. The van der Waals surface area contributed by atoms with Crippen LogP contribution in [0.15, 0.2) is 66.7 Å². The first-order valence-corrected chi connectivity index (χ1v) is 9.02. The van der Waals surface area contributed by atoms with E-state index < -0.39 is 5.60 Å². The zero-order chi connectivity index (χ0) is 17.1. The molecule has 136 valence electrons. The number of ketones is 1. The topological polar surface area (TPSA) is 29.5 Å². The fraction of sp³-hybridized carbons (Fsp3) is 0.318. The molecule has 2 heterocycles. The summed E-state index contributed by atoms with van der Waals surface area (Å²) < 4.78 is 6.18. The summed E-state index contributed by atoms with van der Waals surface area (Å²) in [6.45, 7) is 2.86. The maximum atomic E-state index is 12.6. The van der Waals surface area contributed by atoms with E-state index in [-0.39, 0.29) is 18.2 Å². The van der Waals surface area contributed by atoms with Gasteiger partial charge in [-0.05, 0) is 12.0 Å². The molecule has 26 heavy (non-hydrogen) atoms. The van der Waals surface area contributed by atoms with E-state index in [2.05, 4.69) is 35.2 Å². The van der Waals surface area contributed by atoms with E-state index >= 15 is 0 Å². The molecule has 2 aliphatic rings. The third-order valence-corrected chi connectivity index (χ3v) is 5.30. The minimum absolute atomic E-state index is 0. The van der Waals surface area contributed by atoms with Gasteiger partial charge in [0.2, 0.25) is 5.78 Å². The number of halogens is 1. The molecule has 0 atom stereocenters. The Morgan fingerprint density at radius 1 is 0.923 bits per heavy atom. The number of carbonyl (C=O) groups is 1. The average Bonchev–Trinajstić information content (AvgIpc) is 2.99. The Morgan fingerprint density at radius 3 is 2.19 bits per heavy atom. The van der Waals surface area contributed by atoms with Gasteiger partial charge in [0.1, 0.15) is 5.76 Å². The van der Waals surface area contributed by atoms with Crippen LogP contribution in [-0.4, -0.2) is 35.9 Å². The normalized spacial score (nSPS) is 18.9. The van der Waals surface area contributed by atoms with Crippen LogP contribution in [0.25, 0.3) is 5.76 Å². The lowest BCUT2D eigenvalue weighted by Crippen LogP contribution is -2.48. The summed E-state index contributed by atoms with van der Waals surface area (Å²) in [4.78, 5) is 15.0. The quantitative estimate of drug-likeness (QED) is 0.811. The van der Waals surface area contributed by atoms with Gasteiger partial charge in [-0.25, -0.2) is 0 Å². The van der Waals surface area contributed by atoms with E-state index in [9.17, 15) is 4.79 Å². The number of benzene rings is 2. The fourth-order valence-electron chi connectivity index (χ4n) is 3.70. The van der Waals surface area contributed by atoms with Crippen molar-refractivity contribution in [2.45, 2.75) is 24.9 Å². The summed E-state index contributed by atoms with van der Waals surface area (Å²) in [6.07, 6.45) is 4.28. The second-order valence-corrected chi connectivity index (χ2v) is 6.91. The molecule has 1 fully saturated rings. The highest BCUT2D eigenvalue weighted by Gasteiger charge is 2.46. The van der Waals surface area contributed by atoms with E-state index in [0.29, 0.717) is 0 Å². The first kappa shape index (κ1) is 18.7. The lowest BCUT2D eigenvalue weighted by molar-refractivity contribution is -0.132. The number of rotatable bonds is 4. The van der Waals surface area contributed by atoms with Gasteiger partial charge in [-0.15, -0.1) is 12.4 Å². The number of ether oxygens (including phenoxy) is 1. The van der Waals surface area contributed by atoms with Crippen molar-refractivity contribution in [3.63, 3.8) is 0 Å². The molecule has 0 amide bonds. The van der Waals surface area contributed by atoms with Crippen molar-refractivity contribution in [3.8, 4) is 0 Å². The first-order valence-electron chi connectivity index (χ1n) is 9.02. The molecule has 0 N–H and O–H groups in total.